The lowest BCUT2D eigenvalue weighted by atomic mass is 10.0. The fraction of sp³-hybridized carbons (Fsp3) is 0.500. The van der Waals surface area contributed by atoms with Gasteiger partial charge in [-0.2, -0.15) is 0 Å². The Bertz CT molecular complexity index is 520. The topological polar surface area (TPSA) is 98.3 Å². The van der Waals surface area contributed by atoms with Gasteiger partial charge in [0.1, 0.15) is 11.5 Å². The third kappa shape index (κ3) is 5.47. The number of amides is 1. The Balaban J connectivity index is 2.69. The first kappa shape index (κ1) is 17.0. The molecule has 0 saturated carbocycles. The lowest BCUT2D eigenvalue weighted by Gasteiger charge is -2.13. The number of nitrogens with one attached hydrogen (secondary N) is 1. The molecular weight excluding hydrogens is 277 g/mol. The Morgan fingerprint density at radius 1 is 1.43 bits per heavy atom. The summed E-state index contributed by atoms with van der Waals surface area (Å²) in [5, 5.41) is 13.3. The number of benzene rings is 1. The van der Waals surface area contributed by atoms with Crippen molar-refractivity contribution >= 4 is 17.3 Å². The highest BCUT2D eigenvalue weighted by atomic mass is 19.1. The van der Waals surface area contributed by atoms with E-state index in [9.17, 15) is 19.3 Å². The Labute approximate surface area is 122 Å². The molecule has 0 aliphatic carbocycles. The van der Waals surface area contributed by atoms with Gasteiger partial charge in [0.05, 0.1) is 4.92 Å². The van der Waals surface area contributed by atoms with Crippen LogP contribution in [0.5, 0.6) is 0 Å². The minimum Gasteiger partial charge on any atom is -0.328 e. The zero-order valence-electron chi connectivity index (χ0n) is 12.1. The molecule has 0 heterocycles. The number of anilines is 1. The van der Waals surface area contributed by atoms with Crippen LogP contribution < -0.4 is 11.1 Å². The summed E-state index contributed by atoms with van der Waals surface area (Å²) in [6.45, 7) is 3.61. The standard InChI is InChI=1S/C14H20FN3O3/c1-9(4-3-5-10(2)16)14(19)17-12-8-11(15)6-7-13(12)18(20)21/h6-10H,3-5,16H2,1-2H3,(H,17,19). The van der Waals surface area contributed by atoms with E-state index in [0.29, 0.717) is 6.42 Å². The van der Waals surface area contributed by atoms with Crippen molar-refractivity contribution in [2.75, 3.05) is 5.32 Å². The number of hydrogen-bond acceptors (Lipinski definition) is 4. The van der Waals surface area contributed by atoms with Crippen molar-refractivity contribution in [1.82, 2.24) is 0 Å². The Hall–Kier alpha value is -2.02. The van der Waals surface area contributed by atoms with E-state index in [1.807, 2.05) is 6.92 Å². The average Bonchev–Trinajstić information content (AvgIpc) is 2.37. The minimum atomic E-state index is -0.657. The third-order valence-electron chi connectivity index (χ3n) is 3.16. The quantitative estimate of drug-likeness (QED) is 0.597. The molecule has 0 aliphatic heterocycles. The second-order valence-electron chi connectivity index (χ2n) is 5.22. The molecule has 7 heteroatoms. The van der Waals surface area contributed by atoms with Crippen molar-refractivity contribution < 1.29 is 14.1 Å². The summed E-state index contributed by atoms with van der Waals surface area (Å²) in [5.41, 5.74) is 5.18. The molecule has 116 valence electrons. The van der Waals surface area contributed by atoms with Gasteiger partial charge < -0.3 is 11.1 Å². The van der Waals surface area contributed by atoms with Gasteiger partial charge in [0.25, 0.3) is 5.69 Å². The molecule has 0 radical (unpaired) electrons. The molecule has 0 fully saturated rings. The molecule has 3 N–H and O–H groups in total. The summed E-state index contributed by atoms with van der Waals surface area (Å²) >= 11 is 0. The molecule has 0 saturated heterocycles. The maximum absolute atomic E-state index is 13.2. The van der Waals surface area contributed by atoms with Gasteiger partial charge in [0.15, 0.2) is 0 Å². The Morgan fingerprint density at radius 3 is 2.67 bits per heavy atom. The van der Waals surface area contributed by atoms with Crippen LogP contribution in [0.25, 0.3) is 0 Å². The van der Waals surface area contributed by atoms with Crippen molar-refractivity contribution in [3.05, 3.63) is 34.1 Å². The number of halogens is 1. The van der Waals surface area contributed by atoms with E-state index in [-0.39, 0.29) is 29.2 Å². The van der Waals surface area contributed by atoms with Crippen molar-refractivity contribution in [3.63, 3.8) is 0 Å². The van der Waals surface area contributed by atoms with Gasteiger partial charge in [-0.05, 0) is 25.8 Å². The number of carbonyl (C=O) groups excluding carboxylic acids is 1. The summed E-state index contributed by atoms with van der Waals surface area (Å²) < 4.78 is 13.2. The average molecular weight is 297 g/mol. The van der Waals surface area contributed by atoms with Gasteiger partial charge in [-0.25, -0.2) is 4.39 Å². The zero-order chi connectivity index (χ0) is 16.0. The number of nitro benzene ring substituents is 1. The molecule has 1 aromatic rings. The molecule has 1 aromatic carbocycles. The fourth-order valence-electron chi connectivity index (χ4n) is 1.90. The first-order valence-electron chi connectivity index (χ1n) is 6.81. The largest absolute Gasteiger partial charge is 0.328 e. The molecule has 2 unspecified atom stereocenters. The van der Waals surface area contributed by atoms with Crippen LogP contribution >= 0.6 is 0 Å². The molecule has 2 atom stereocenters. The van der Waals surface area contributed by atoms with Crippen LogP contribution in [0.1, 0.15) is 33.1 Å². The second kappa shape index (κ2) is 7.68. The monoisotopic (exact) mass is 297 g/mol. The highest BCUT2D eigenvalue weighted by molar-refractivity contribution is 5.94. The fourth-order valence-corrected chi connectivity index (χ4v) is 1.90. The number of nitrogens with two attached hydrogens (primary N) is 1. The summed E-state index contributed by atoms with van der Waals surface area (Å²) in [6.07, 6.45) is 2.21. The van der Waals surface area contributed by atoms with E-state index >= 15 is 0 Å². The van der Waals surface area contributed by atoms with Crippen LogP contribution in [0.4, 0.5) is 15.8 Å². The van der Waals surface area contributed by atoms with Gasteiger partial charge >= 0.3 is 0 Å². The first-order chi connectivity index (χ1) is 9.81. The third-order valence-corrected chi connectivity index (χ3v) is 3.16. The summed E-state index contributed by atoms with van der Waals surface area (Å²) in [6, 6.07) is 3.04. The predicted molar refractivity (Wildman–Crippen MR) is 78.3 cm³/mol. The summed E-state index contributed by atoms with van der Waals surface area (Å²) in [4.78, 5) is 22.2. The van der Waals surface area contributed by atoms with E-state index in [1.165, 1.54) is 0 Å². The van der Waals surface area contributed by atoms with E-state index in [4.69, 9.17) is 5.73 Å². The highest BCUT2D eigenvalue weighted by Gasteiger charge is 2.19. The van der Waals surface area contributed by atoms with Gasteiger partial charge in [0, 0.05) is 24.1 Å². The number of hydrogen-bond donors (Lipinski definition) is 2. The van der Waals surface area contributed by atoms with Crippen LogP contribution in [-0.2, 0) is 4.79 Å². The maximum atomic E-state index is 13.2. The molecule has 1 rings (SSSR count). The van der Waals surface area contributed by atoms with Crippen LogP contribution in [0.15, 0.2) is 18.2 Å². The second-order valence-corrected chi connectivity index (χ2v) is 5.22. The van der Waals surface area contributed by atoms with Crippen molar-refractivity contribution in [2.45, 2.75) is 39.2 Å². The van der Waals surface area contributed by atoms with E-state index in [1.54, 1.807) is 6.92 Å². The molecule has 0 aliphatic rings. The minimum absolute atomic E-state index is 0.0737. The molecule has 0 bridgehead atoms. The van der Waals surface area contributed by atoms with Crippen LogP contribution in [-0.4, -0.2) is 16.9 Å². The molecular formula is C14H20FN3O3. The van der Waals surface area contributed by atoms with Gasteiger partial charge in [-0.1, -0.05) is 13.3 Å². The van der Waals surface area contributed by atoms with Gasteiger partial charge in [-0.3, -0.25) is 14.9 Å². The molecule has 6 nitrogen and oxygen atoms in total. The van der Waals surface area contributed by atoms with Crippen LogP contribution in [0.2, 0.25) is 0 Å². The maximum Gasteiger partial charge on any atom is 0.292 e. The Kier molecular flexibility index (Phi) is 6.23. The van der Waals surface area contributed by atoms with Crippen molar-refractivity contribution in [3.8, 4) is 0 Å². The van der Waals surface area contributed by atoms with E-state index < -0.39 is 10.7 Å². The SMILES string of the molecule is CC(N)CCCC(C)C(=O)Nc1cc(F)ccc1[N+](=O)[O-]. The summed E-state index contributed by atoms with van der Waals surface area (Å²) in [5.74, 6) is -1.33. The Morgan fingerprint density at radius 2 is 2.10 bits per heavy atom. The normalized spacial score (nSPS) is 13.5. The number of nitrogens with zero attached hydrogens (tertiary/aromatic N) is 1. The van der Waals surface area contributed by atoms with E-state index in [2.05, 4.69) is 5.32 Å². The number of rotatable bonds is 7. The smallest absolute Gasteiger partial charge is 0.292 e. The van der Waals surface area contributed by atoms with Crippen molar-refractivity contribution in [2.24, 2.45) is 11.7 Å². The molecule has 0 spiro atoms. The van der Waals surface area contributed by atoms with Crippen LogP contribution in [0.3, 0.4) is 0 Å². The lowest BCUT2D eigenvalue weighted by molar-refractivity contribution is -0.384. The number of nitro groups is 1. The van der Waals surface area contributed by atoms with E-state index in [0.717, 1.165) is 31.0 Å². The summed E-state index contributed by atoms with van der Waals surface area (Å²) in [7, 11) is 0. The molecule has 0 aromatic heterocycles. The van der Waals surface area contributed by atoms with Gasteiger partial charge in [-0.15, -0.1) is 0 Å². The zero-order valence-corrected chi connectivity index (χ0v) is 12.1. The predicted octanol–water partition coefficient (Wildman–Crippen LogP) is 2.83. The molecule has 1 amide bonds. The van der Waals surface area contributed by atoms with Crippen molar-refractivity contribution in [1.29, 1.82) is 0 Å². The van der Waals surface area contributed by atoms with Gasteiger partial charge in [0.2, 0.25) is 5.91 Å². The number of carbonyl (C=O) groups is 1. The highest BCUT2D eigenvalue weighted by Crippen LogP contribution is 2.25. The lowest BCUT2D eigenvalue weighted by Crippen LogP contribution is -2.22. The van der Waals surface area contributed by atoms with Crippen LogP contribution in [0, 0.1) is 21.8 Å². The molecule has 21 heavy (non-hydrogen) atoms. The first-order valence-corrected chi connectivity index (χ1v) is 6.81.